The maximum atomic E-state index is 9.49. The fourth-order valence-electron chi connectivity index (χ4n) is 3.09. The first-order valence-electron chi connectivity index (χ1n) is 6.92. The van der Waals surface area contributed by atoms with Crippen LogP contribution in [0, 0.1) is 0 Å². The maximum Gasteiger partial charge on any atom is 0.169 e. The van der Waals surface area contributed by atoms with E-state index in [1.165, 1.54) is 0 Å². The summed E-state index contributed by atoms with van der Waals surface area (Å²) in [6, 6.07) is 7.77. The van der Waals surface area contributed by atoms with Crippen LogP contribution in [-0.2, 0) is 15.9 Å². The first-order chi connectivity index (χ1) is 9.22. The zero-order chi connectivity index (χ0) is 13.3. The maximum absolute atomic E-state index is 9.49. The predicted molar refractivity (Wildman–Crippen MR) is 73.2 cm³/mol. The number of ether oxygens (including phenoxy) is 2. The first kappa shape index (κ1) is 13.4. The van der Waals surface area contributed by atoms with Gasteiger partial charge in [0.15, 0.2) is 5.79 Å². The topological polar surface area (TPSA) is 38.7 Å². The molecule has 3 rings (SSSR count). The van der Waals surface area contributed by atoms with Gasteiger partial charge in [0.1, 0.15) is 6.10 Å². The number of aliphatic hydroxyl groups excluding tert-OH is 1. The van der Waals surface area contributed by atoms with Crippen LogP contribution < -0.4 is 0 Å². The Hall–Kier alpha value is -0.610. The molecule has 104 valence electrons. The van der Waals surface area contributed by atoms with E-state index in [4.69, 9.17) is 21.1 Å². The van der Waals surface area contributed by atoms with Crippen molar-refractivity contribution in [2.45, 2.75) is 50.1 Å². The van der Waals surface area contributed by atoms with Crippen molar-refractivity contribution in [3.63, 3.8) is 0 Å². The summed E-state index contributed by atoms with van der Waals surface area (Å²) in [4.78, 5) is 0. The molecule has 0 amide bonds. The van der Waals surface area contributed by atoms with E-state index in [0.29, 0.717) is 6.42 Å². The fourth-order valence-corrected chi connectivity index (χ4v) is 3.30. The summed E-state index contributed by atoms with van der Waals surface area (Å²) in [5.74, 6) is -0.445. The molecule has 1 aromatic rings. The molecular weight excluding hydrogens is 264 g/mol. The molecule has 1 saturated heterocycles. The summed E-state index contributed by atoms with van der Waals surface area (Å²) >= 11 is 6.19. The fraction of sp³-hybridized carbons (Fsp3) is 0.600. The van der Waals surface area contributed by atoms with Crippen LogP contribution in [0.25, 0.3) is 0 Å². The van der Waals surface area contributed by atoms with Crippen LogP contribution in [0.5, 0.6) is 0 Å². The Morgan fingerprint density at radius 2 is 1.84 bits per heavy atom. The van der Waals surface area contributed by atoms with Crippen LogP contribution in [0.1, 0.15) is 31.2 Å². The molecule has 1 aliphatic heterocycles. The lowest BCUT2D eigenvalue weighted by molar-refractivity contribution is -0.171. The molecular formula is C15H19ClO3. The van der Waals surface area contributed by atoms with Gasteiger partial charge in [-0.1, -0.05) is 29.8 Å². The van der Waals surface area contributed by atoms with Crippen molar-refractivity contribution in [2.24, 2.45) is 0 Å². The lowest BCUT2D eigenvalue weighted by Crippen LogP contribution is -2.28. The van der Waals surface area contributed by atoms with Gasteiger partial charge < -0.3 is 14.6 Å². The molecule has 2 fully saturated rings. The van der Waals surface area contributed by atoms with Gasteiger partial charge in [0.25, 0.3) is 0 Å². The monoisotopic (exact) mass is 282 g/mol. The summed E-state index contributed by atoms with van der Waals surface area (Å²) in [7, 11) is 0. The lowest BCUT2D eigenvalue weighted by atomic mass is 10.0. The van der Waals surface area contributed by atoms with E-state index < -0.39 is 5.79 Å². The summed E-state index contributed by atoms with van der Waals surface area (Å²) < 4.78 is 12.1. The van der Waals surface area contributed by atoms with Gasteiger partial charge in [-0.2, -0.15) is 0 Å². The Morgan fingerprint density at radius 1 is 1.16 bits per heavy atom. The number of hydrogen-bond acceptors (Lipinski definition) is 3. The van der Waals surface area contributed by atoms with Gasteiger partial charge in [-0.3, -0.25) is 0 Å². The van der Waals surface area contributed by atoms with Crippen molar-refractivity contribution in [3.8, 4) is 0 Å². The highest BCUT2D eigenvalue weighted by molar-refractivity contribution is 6.31. The summed E-state index contributed by atoms with van der Waals surface area (Å²) in [6.45, 7) is -0.00311. The van der Waals surface area contributed by atoms with E-state index >= 15 is 0 Å². The van der Waals surface area contributed by atoms with E-state index in [2.05, 4.69) is 0 Å². The Labute approximate surface area is 118 Å². The standard InChI is InChI=1S/C15H19ClO3/c16-12-6-2-1-5-11(12)9-13-14(10-17)19-15(18-13)7-3-4-8-15/h1-2,5-6,13-14,17H,3-4,7-10H2/t13?,14-/m0/s1. The van der Waals surface area contributed by atoms with Crippen LogP contribution in [0.3, 0.4) is 0 Å². The van der Waals surface area contributed by atoms with Gasteiger partial charge >= 0.3 is 0 Å². The van der Waals surface area contributed by atoms with Gasteiger partial charge in [-0.05, 0) is 24.5 Å². The van der Waals surface area contributed by atoms with Crippen molar-refractivity contribution >= 4 is 11.6 Å². The SMILES string of the molecule is OC[C@@H]1OC2(CCCC2)OC1Cc1ccccc1Cl. The smallest absolute Gasteiger partial charge is 0.169 e. The molecule has 0 radical (unpaired) electrons. The van der Waals surface area contributed by atoms with Crippen LogP contribution in [0.4, 0.5) is 0 Å². The normalized spacial score (nSPS) is 29.2. The zero-order valence-electron chi connectivity index (χ0n) is 10.8. The molecule has 2 atom stereocenters. The highest BCUT2D eigenvalue weighted by Gasteiger charge is 2.48. The Bertz CT molecular complexity index is 443. The van der Waals surface area contributed by atoms with Crippen molar-refractivity contribution < 1.29 is 14.6 Å². The molecule has 0 bridgehead atoms. The lowest BCUT2D eigenvalue weighted by Gasteiger charge is -2.22. The van der Waals surface area contributed by atoms with Crippen LogP contribution in [0.2, 0.25) is 5.02 Å². The molecule has 3 nitrogen and oxygen atoms in total. The van der Waals surface area contributed by atoms with Gasteiger partial charge in [0, 0.05) is 24.3 Å². The van der Waals surface area contributed by atoms with Crippen LogP contribution >= 0.6 is 11.6 Å². The summed E-state index contributed by atoms with van der Waals surface area (Å²) in [5.41, 5.74) is 1.05. The second-order valence-corrected chi connectivity index (χ2v) is 5.82. The molecule has 1 unspecified atom stereocenters. The molecule has 2 aliphatic rings. The van der Waals surface area contributed by atoms with Crippen molar-refractivity contribution in [3.05, 3.63) is 34.9 Å². The van der Waals surface area contributed by atoms with Gasteiger partial charge in [-0.15, -0.1) is 0 Å². The number of hydrogen-bond donors (Lipinski definition) is 1. The minimum Gasteiger partial charge on any atom is -0.394 e. The Kier molecular flexibility index (Phi) is 3.81. The second kappa shape index (κ2) is 5.41. The molecule has 1 aliphatic carbocycles. The second-order valence-electron chi connectivity index (χ2n) is 5.41. The van der Waals surface area contributed by atoms with Crippen molar-refractivity contribution in [1.82, 2.24) is 0 Å². The van der Waals surface area contributed by atoms with Crippen molar-refractivity contribution in [1.29, 1.82) is 0 Å². The van der Waals surface area contributed by atoms with E-state index in [-0.39, 0.29) is 18.8 Å². The Morgan fingerprint density at radius 3 is 2.53 bits per heavy atom. The third-order valence-corrected chi connectivity index (χ3v) is 4.44. The zero-order valence-corrected chi connectivity index (χ0v) is 11.6. The minimum atomic E-state index is -0.445. The third kappa shape index (κ3) is 2.65. The van der Waals surface area contributed by atoms with E-state index in [1.54, 1.807) is 0 Å². The molecule has 1 N–H and O–H groups in total. The molecule has 1 aromatic carbocycles. The highest BCUT2D eigenvalue weighted by Crippen LogP contribution is 2.42. The summed E-state index contributed by atoms with van der Waals surface area (Å²) in [6.07, 6.45) is 4.48. The molecule has 1 spiro atoms. The quantitative estimate of drug-likeness (QED) is 0.926. The number of rotatable bonds is 3. The molecule has 1 saturated carbocycles. The first-order valence-corrected chi connectivity index (χ1v) is 7.30. The average Bonchev–Trinajstić information content (AvgIpc) is 3.00. The summed E-state index contributed by atoms with van der Waals surface area (Å²) in [5, 5.41) is 10.2. The van der Waals surface area contributed by atoms with E-state index in [9.17, 15) is 5.11 Å². The van der Waals surface area contributed by atoms with Crippen LogP contribution in [0.15, 0.2) is 24.3 Å². The third-order valence-electron chi connectivity index (χ3n) is 4.07. The number of aliphatic hydroxyl groups is 1. The minimum absolute atomic E-state index is 0.00311. The van der Waals surface area contributed by atoms with E-state index in [0.717, 1.165) is 36.3 Å². The van der Waals surface area contributed by atoms with Crippen LogP contribution in [-0.4, -0.2) is 29.7 Å². The van der Waals surface area contributed by atoms with Gasteiger partial charge in [0.05, 0.1) is 12.7 Å². The highest BCUT2D eigenvalue weighted by atomic mass is 35.5. The van der Waals surface area contributed by atoms with Gasteiger partial charge in [-0.25, -0.2) is 0 Å². The Balaban J connectivity index is 1.75. The molecule has 4 heteroatoms. The van der Waals surface area contributed by atoms with Crippen molar-refractivity contribution in [2.75, 3.05) is 6.61 Å². The molecule has 19 heavy (non-hydrogen) atoms. The predicted octanol–water partition coefficient (Wildman–Crippen LogP) is 2.93. The number of halogens is 1. The average molecular weight is 283 g/mol. The van der Waals surface area contributed by atoms with Gasteiger partial charge in [0.2, 0.25) is 0 Å². The molecule has 0 aromatic heterocycles. The largest absolute Gasteiger partial charge is 0.394 e. The number of benzene rings is 1. The van der Waals surface area contributed by atoms with E-state index in [1.807, 2.05) is 24.3 Å². The molecule has 1 heterocycles.